The zero-order chi connectivity index (χ0) is 17.9. The second-order valence-electron chi connectivity index (χ2n) is 7.81. The van der Waals surface area contributed by atoms with E-state index < -0.39 is 5.97 Å². The van der Waals surface area contributed by atoms with Crippen molar-refractivity contribution in [2.45, 2.75) is 42.0 Å². The summed E-state index contributed by atoms with van der Waals surface area (Å²) in [5.41, 5.74) is 3.91. The van der Waals surface area contributed by atoms with Gasteiger partial charge in [0.1, 0.15) is 5.92 Å². The minimum Gasteiger partial charge on any atom is -0.481 e. The molecule has 5 rings (SSSR count). The minimum absolute atomic E-state index is 0.153. The summed E-state index contributed by atoms with van der Waals surface area (Å²) in [6, 6.07) is 17.6. The van der Waals surface area contributed by atoms with E-state index in [-0.39, 0.29) is 17.5 Å². The van der Waals surface area contributed by atoms with Crippen molar-refractivity contribution >= 4 is 17.7 Å². The average Bonchev–Trinajstić information content (AvgIpc) is 3.34. The summed E-state index contributed by atoms with van der Waals surface area (Å²) < 4.78 is 0.915. The molecule has 3 unspecified atom stereocenters. The molecule has 3 aliphatic heterocycles. The number of benzene rings is 2. The maximum absolute atomic E-state index is 12.2. The third-order valence-corrected chi connectivity index (χ3v) is 8.16. The third-order valence-electron chi connectivity index (χ3n) is 7.04. The van der Waals surface area contributed by atoms with E-state index in [1.165, 1.54) is 21.6 Å². The summed E-state index contributed by atoms with van der Waals surface area (Å²) in [6.07, 6.45) is 1.81. The lowest BCUT2D eigenvalue weighted by atomic mass is 9.80. The van der Waals surface area contributed by atoms with Crippen molar-refractivity contribution in [2.24, 2.45) is 5.92 Å². The molecule has 1 spiro atoms. The molecule has 2 fully saturated rings. The first-order chi connectivity index (χ1) is 12.7. The van der Waals surface area contributed by atoms with Crippen LogP contribution in [0.25, 0.3) is 0 Å². The van der Waals surface area contributed by atoms with Gasteiger partial charge in [-0.2, -0.15) is 0 Å². The number of nitrogens with zero attached hydrogens (tertiary/aromatic N) is 1. The number of piperidine rings is 1. The predicted molar refractivity (Wildman–Crippen MR) is 103 cm³/mol. The van der Waals surface area contributed by atoms with E-state index in [0.717, 1.165) is 36.2 Å². The van der Waals surface area contributed by atoms with Gasteiger partial charge in [0.25, 0.3) is 0 Å². The SMILES string of the molecule is CC[N+]12CCCC(C(=O)O)C1[C@]21c2ccccc2CSc2ccccc21. The fourth-order valence-corrected chi connectivity index (χ4v) is 7.26. The van der Waals surface area contributed by atoms with Crippen molar-refractivity contribution < 1.29 is 14.4 Å². The second kappa shape index (κ2) is 5.61. The number of thioether (sulfide) groups is 1. The molecule has 0 saturated carbocycles. The Morgan fingerprint density at radius 2 is 1.92 bits per heavy atom. The monoisotopic (exact) mass is 366 g/mol. The summed E-state index contributed by atoms with van der Waals surface area (Å²) in [5, 5.41) is 10.0. The molecule has 2 aromatic carbocycles. The molecule has 0 aromatic heterocycles. The van der Waals surface area contributed by atoms with Crippen molar-refractivity contribution in [2.75, 3.05) is 13.1 Å². The Hall–Kier alpha value is -1.78. The largest absolute Gasteiger partial charge is 0.481 e. The maximum Gasteiger partial charge on any atom is 0.312 e. The molecule has 2 aromatic rings. The lowest BCUT2D eigenvalue weighted by Gasteiger charge is -2.29. The van der Waals surface area contributed by atoms with E-state index in [4.69, 9.17) is 0 Å². The van der Waals surface area contributed by atoms with E-state index in [1.807, 2.05) is 11.8 Å². The number of likely N-dealkylation sites (N-methyl/N-ethyl adjacent to an activating group) is 1. The highest BCUT2D eigenvalue weighted by molar-refractivity contribution is 7.98. The van der Waals surface area contributed by atoms with Crippen molar-refractivity contribution in [1.82, 2.24) is 0 Å². The van der Waals surface area contributed by atoms with Crippen molar-refractivity contribution in [3.8, 4) is 0 Å². The van der Waals surface area contributed by atoms with Gasteiger partial charge in [0.2, 0.25) is 5.54 Å². The zero-order valence-corrected chi connectivity index (χ0v) is 15.8. The molecule has 3 aliphatic rings. The highest BCUT2D eigenvalue weighted by Gasteiger charge is 2.84. The van der Waals surface area contributed by atoms with Crippen molar-refractivity contribution in [3.05, 3.63) is 65.2 Å². The highest BCUT2D eigenvalue weighted by atomic mass is 32.2. The molecule has 0 radical (unpaired) electrons. The predicted octanol–water partition coefficient (Wildman–Crippen LogP) is 4.25. The Balaban J connectivity index is 1.84. The quantitative estimate of drug-likeness (QED) is 0.638. The molecular weight excluding hydrogens is 342 g/mol. The van der Waals surface area contributed by atoms with Gasteiger partial charge in [0.15, 0.2) is 6.04 Å². The standard InChI is InChI=1S/C22H23NO2S/c1-2-23-13-7-9-16(21(24)25)20(23)22(23)17-10-4-3-8-15(17)14-26-19-12-6-5-11-18(19)22/h3-6,8,10-12,16,20H,2,7,9,13-14H2,1H3/p+1/t16?,20?,22-,23?/m1/s1. The number of carbonyl (C=O) groups is 1. The summed E-state index contributed by atoms with van der Waals surface area (Å²) in [6.45, 7) is 4.31. The van der Waals surface area contributed by atoms with Crippen LogP contribution in [0.4, 0.5) is 0 Å². The smallest absolute Gasteiger partial charge is 0.312 e. The first-order valence-electron chi connectivity index (χ1n) is 9.57. The molecule has 2 saturated heterocycles. The van der Waals surface area contributed by atoms with Crippen LogP contribution < -0.4 is 0 Å². The number of hydrogen-bond acceptors (Lipinski definition) is 2. The van der Waals surface area contributed by atoms with Crippen LogP contribution in [-0.4, -0.2) is 34.7 Å². The Bertz CT molecular complexity index is 848. The zero-order valence-electron chi connectivity index (χ0n) is 15.0. The van der Waals surface area contributed by atoms with Crippen LogP contribution in [0.15, 0.2) is 53.4 Å². The van der Waals surface area contributed by atoms with Gasteiger partial charge in [-0.25, -0.2) is 0 Å². The average molecular weight is 367 g/mol. The van der Waals surface area contributed by atoms with Gasteiger partial charge in [-0.1, -0.05) is 42.5 Å². The number of aliphatic carboxylic acids is 1. The fourth-order valence-electron chi connectivity index (χ4n) is 6.14. The molecular formula is C22H24NO2S+. The lowest BCUT2D eigenvalue weighted by Crippen LogP contribution is -2.41. The van der Waals surface area contributed by atoms with Crippen LogP contribution in [0.5, 0.6) is 0 Å². The van der Waals surface area contributed by atoms with Crippen LogP contribution in [0.1, 0.15) is 36.5 Å². The van der Waals surface area contributed by atoms with Crippen LogP contribution in [0.2, 0.25) is 0 Å². The van der Waals surface area contributed by atoms with E-state index in [1.54, 1.807) is 0 Å². The Kier molecular flexibility index (Phi) is 3.54. The van der Waals surface area contributed by atoms with E-state index >= 15 is 0 Å². The van der Waals surface area contributed by atoms with Crippen LogP contribution in [0.3, 0.4) is 0 Å². The normalized spacial score (nSPS) is 34.3. The maximum atomic E-state index is 12.2. The van der Waals surface area contributed by atoms with Gasteiger partial charge in [0.05, 0.1) is 13.1 Å². The first kappa shape index (κ1) is 16.4. The van der Waals surface area contributed by atoms with E-state index in [9.17, 15) is 9.90 Å². The van der Waals surface area contributed by atoms with Crippen molar-refractivity contribution in [3.63, 3.8) is 0 Å². The molecule has 0 bridgehead atoms. The molecule has 4 heteroatoms. The van der Waals surface area contributed by atoms with Gasteiger partial charge in [-0.15, -0.1) is 11.8 Å². The van der Waals surface area contributed by atoms with Gasteiger partial charge >= 0.3 is 5.97 Å². The van der Waals surface area contributed by atoms with Crippen LogP contribution in [0, 0.1) is 5.92 Å². The molecule has 0 aliphatic carbocycles. The fraction of sp³-hybridized carbons (Fsp3) is 0.409. The van der Waals surface area contributed by atoms with Crippen LogP contribution in [-0.2, 0) is 16.1 Å². The molecule has 0 amide bonds. The molecule has 4 atom stereocenters. The highest BCUT2D eigenvalue weighted by Crippen LogP contribution is 2.69. The topological polar surface area (TPSA) is 37.3 Å². The number of rotatable bonds is 2. The van der Waals surface area contributed by atoms with E-state index in [0.29, 0.717) is 0 Å². The Morgan fingerprint density at radius 3 is 2.69 bits per heavy atom. The number of hydrogen-bond donors (Lipinski definition) is 1. The van der Waals surface area contributed by atoms with Crippen LogP contribution >= 0.6 is 11.8 Å². The molecule has 3 nitrogen and oxygen atoms in total. The summed E-state index contributed by atoms with van der Waals surface area (Å²) in [7, 11) is 0. The Labute approximate surface area is 158 Å². The minimum atomic E-state index is -0.616. The van der Waals surface area contributed by atoms with Crippen molar-refractivity contribution in [1.29, 1.82) is 0 Å². The number of quaternary nitrogens is 1. The molecule has 1 N–H and O–H groups in total. The van der Waals surface area contributed by atoms with Gasteiger partial charge in [-0.05, 0) is 31.4 Å². The Morgan fingerprint density at radius 1 is 1.19 bits per heavy atom. The second-order valence-corrected chi connectivity index (χ2v) is 8.83. The molecule has 134 valence electrons. The van der Waals surface area contributed by atoms with Gasteiger partial charge in [-0.3, -0.25) is 9.28 Å². The van der Waals surface area contributed by atoms with Gasteiger partial charge < -0.3 is 5.11 Å². The summed E-state index contributed by atoms with van der Waals surface area (Å²) >= 11 is 1.90. The lowest BCUT2D eigenvalue weighted by molar-refractivity contribution is -0.846. The number of carboxylic acids is 1. The number of carboxylic acid groups (broad SMARTS) is 1. The van der Waals surface area contributed by atoms with Gasteiger partial charge in [0, 0.05) is 21.8 Å². The number of fused-ring (bicyclic) bond motifs is 7. The first-order valence-corrected chi connectivity index (χ1v) is 10.6. The molecule has 3 heterocycles. The molecule has 26 heavy (non-hydrogen) atoms. The summed E-state index contributed by atoms with van der Waals surface area (Å²) in [4.78, 5) is 13.5. The van der Waals surface area contributed by atoms with E-state index in [2.05, 4.69) is 55.5 Å². The summed E-state index contributed by atoms with van der Waals surface area (Å²) in [5.74, 6) is 0.0885. The third kappa shape index (κ3) is 1.82.